The Morgan fingerprint density at radius 2 is 1.56 bits per heavy atom. The van der Waals surface area contributed by atoms with Crippen LogP contribution in [0.25, 0.3) is 21.7 Å². The van der Waals surface area contributed by atoms with Crippen molar-refractivity contribution in [2.45, 2.75) is 38.3 Å². The Morgan fingerprint density at radius 3 is 2.21 bits per heavy atom. The molecule has 3 aromatic carbocycles. The molecule has 0 saturated heterocycles. The van der Waals surface area contributed by atoms with Crippen LogP contribution in [0.4, 0.5) is 5.13 Å². The van der Waals surface area contributed by atoms with Crippen LogP contribution in [0.3, 0.4) is 0 Å². The van der Waals surface area contributed by atoms with Gasteiger partial charge in [0.2, 0.25) is 0 Å². The van der Waals surface area contributed by atoms with E-state index >= 15 is 0 Å². The third kappa shape index (κ3) is 5.44. The van der Waals surface area contributed by atoms with Crippen LogP contribution in [0.15, 0.2) is 84.9 Å². The Kier molecular flexibility index (Phi) is 8.22. The summed E-state index contributed by atoms with van der Waals surface area (Å²) in [5.41, 5.74) is 4.43. The Morgan fingerprint density at radius 1 is 0.912 bits per heavy atom. The topological polar surface area (TPSA) is 56.3 Å². The van der Waals surface area contributed by atoms with Crippen LogP contribution in [0.1, 0.15) is 41.6 Å². The van der Waals surface area contributed by atoms with Crippen LogP contribution in [0.5, 0.6) is 0 Å². The molecule has 0 radical (unpaired) electrons. The first kappa shape index (κ1) is 24.7. The average molecular weight is 477 g/mol. The number of carboxylic acids is 1. The first-order valence-electron chi connectivity index (χ1n) is 11.4. The molecule has 4 aromatic rings. The van der Waals surface area contributed by atoms with E-state index in [9.17, 15) is 9.90 Å². The van der Waals surface area contributed by atoms with Gasteiger partial charge in [0, 0.05) is 18.2 Å². The molecule has 166 valence electrons. The Hall–Kier alpha value is -2.44. The molecule has 0 amide bonds. The molecule has 34 heavy (non-hydrogen) atoms. The van der Waals surface area contributed by atoms with Gasteiger partial charge >= 0.3 is 29.6 Å². The number of carbonyl (C=O) groups excluding carboxylic acids is 1. The summed E-state index contributed by atoms with van der Waals surface area (Å²) >= 11 is 1.72. The fraction of sp³-hybridized carbons (Fsp3) is 0.214. The predicted molar refractivity (Wildman–Crippen MR) is 132 cm³/mol. The monoisotopic (exact) mass is 476 g/mol. The minimum atomic E-state index is -1.14. The molecule has 4 nitrogen and oxygen atoms in total. The summed E-state index contributed by atoms with van der Waals surface area (Å²) in [4.78, 5) is 20.1. The maximum atomic E-state index is 11.4. The average Bonchev–Trinajstić information content (AvgIpc) is 3.55. The second-order valence-corrected chi connectivity index (χ2v) is 9.44. The molecule has 1 aliphatic carbocycles. The number of hydrogen-bond donors (Lipinski definition) is 0. The molecule has 1 aromatic heterocycles. The Bertz CT molecular complexity index is 1180. The summed E-state index contributed by atoms with van der Waals surface area (Å²) in [6, 6.07) is 28.2. The maximum Gasteiger partial charge on any atom is 1.00 e. The van der Waals surface area contributed by atoms with Crippen molar-refractivity contribution in [2.75, 3.05) is 4.90 Å². The van der Waals surface area contributed by atoms with E-state index in [4.69, 9.17) is 4.98 Å². The van der Waals surface area contributed by atoms with Crippen LogP contribution >= 0.6 is 11.3 Å². The van der Waals surface area contributed by atoms with Crippen molar-refractivity contribution in [1.82, 2.24) is 4.98 Å². The number of carbonyl (C=O) groups is 1. The number of hydrogen-bond acceptors (Lipinski definition) is 5. The fourth-order valence-corrected chi connectivity index (χ4v) is 5.74. The number of thiazole rings is 1. The first-order chi connectivity index (χ1) is 16.2. The van der Waals surface area contributed by atoms with Gasteiger partial charge in [-0.3, -0.25) is 0 Å². The van der Waals surface area contributed by atoms with Gasteiger partial charge in [-0.25, -0.2) is 4.98 Å². The largest absolute Gasteiger partial charge is 1.00 e. The fourth-order valence-electron chi connectivity index (χ4n) is 4.57. The summed E-state index contributed by atoms with van der Waals surface area (Å²) in [5, 5.41) is 12.4. The van der Waals surface area contributed by atoms with Crippen molar-refractivity contribution < 1.29 is 39.5 Å². The van der Waals surface area contributed by atoms with Crippen LogP contribution in [-0.2, 0) is 6.54 Å². The Balaban J connectivity index is 0.00000274. The van der Waals surface area contributed by atoms with Crippen molar-refractivity contribution >= 4 is 22.4 Å². The van der Waals surface area contributed by atoms with Crippen molar-refractivity contribution in [2.24, 2.45) is 0 Å². The number of carboxylic acid groups (broad SMARTS) is 1. The molecule has 0 spiro atoms. The van der Waals surface area contributed by atoms with Gasteiger partial charge in [0.05, 0.1) is 16.5 Å². The molecule has 0 N–H and O–H groups in total. The summed E-state index contributed by atoms with van der Waals surface area (Å²) in [5.74, 6) is -1.14. The van der Waals surface area contributed by atoms with E-state index in [1.165, 1.54) is 12.8 Å². The number of aromatic carboxylic acids is 1. The molecular formula is C28H25N2NaO2S. The normalized spacial score (nSPS) is 13.4. The predicted octanol–water partition coefficient (Wildman–Crippen LogP) is 2.79. The van der Waals surface area contributed by atoms with Gasteiger partial charge in [0.15, 0.2) is 5.13 Å². The quantitative estimate of drug-likeness (QED) is 0.385. The van der Waals surface area contributed by atoms with Crippen LogP contribution < -0.4 is 39.6 Å². The van der Waals surface area contributed by atoms with Gasteiger partial charge in [-0.15, -0.1) is 0 Å². The van der Waals surface area contributed by atoms with Crippen molar-refractivity contribution in [3.05, 3.63) is 96.1 Å². The third-order valence-corrected chi connectivity index (χ3v) is 7.37. The number of rotatable bonds is 7. The van der Waals surface area contributed by atoms with E-state index in [-0.39, 0.29) is 35.1 Å². The van der Waals surface area contributed by atoms with E-state index in [2.05, 4.69) is 41.3 Å². The second kappa shape index (κ2) is 11.3. The molecular weight excluding hydrogens is 451 g/mol. The van der Waals surface area contributed by atoms with Crippen LogP contribution in [-0.4, -0.2) is 17.0 Å². The number of anilines is 1. The van der Waals surface area contributed by atoms with Crippen LogP contribution in [0.2, 0.25) is 0 Å². The first-order valence-corrected chi connectivity index (χ1v) is 12.2. The van der Waals surface area contributed by atoms with Crippen molar-refractivity contribution in [1.29, 1.82) is 0 Å². The summed E-state index contributed by atoms with van der Waals surface area (Å²) < 4.78 is 0. The summed E-state index contributed by atoms with van der Waals surface area (Å²) in [6.45, 7) is 0.627. The van der Waals surface area contributed by atoms with Gasteiger partial charge in [-0.1, -0.05) is 103 Å². The van der Waals surface area contributed by atoms with Crippen LogP contribution in [0, 0.1) is 0 Å². The minimum Gasteiger partial charge on any atom is -0.545 e. The molecule has 1 heterocycles. The van der Waals surface area contributed by atoms with E-state index < -0.39 is 5.97 Å². The second-order valence-electron chi connectivity index (χ2n) is 8.46. The molecule has 0 aliphatic heterocycles. The number of benzene rings is 3. The van der Waals surface area contributed by atoms with Crippen molar-refractivity contribution in [3.63, 3.8) is 0 Å². The minimum absolute atomic E-state index is 0. The molecule has 0 unspecified atom stereocenters. The number of aromatic nitrogens is 1. The van der Waals surface area contributed by atoms with Gasteiger partial charge in [-0.2, -0.15) is 0 Å². The standard InChI is InChI=1S/C28H26N2O2S.Na/c31-27(32)23-15-9-10-20(18-23)19-30(24-16-7-8-17-24)28-29-25(21-11-3-1-4-12-21)26(33-28)22-13-5-2-6-14-22;/h1-6,9-15,18,24H,7-8,16-17,19H2,(H,31,32);/q;+1/p-1. The van der Waals surface area contributed by atoms with E-state index in [1.54, 1.807) is 29.5 Å². The van der Waals surface area contributed by atoms with Gasteiger partial charge in [0.25, 0.3) is 0 Å². The Labute approximate surface area is 226 Å². The SMILES string of the molecule is O=C([O-])c1cccc(CN(c2nc(-c3ccccc3)c(-c3ccccc3)s2)C2CCCC2)c1.[Na+]. The maximum absolute atomic E-state index is 11.4. The zero-order valence-corrected chi connectivity index (χ0v) is 22.1. The molecule has 1 saturated carbocycles. The molecule has 0 bridgehead atoms. The molecule has 5 rings (SSSR count). The third-order valence-electron chi connectivity index (χ3n) is 6.23. The zero-order chi connectivity index (χ0) is 22.6. The molecule has 1 aliphatic rings. The van der Waals surface area contributed by atoms with E-state index in [0.717, 1.165) is 45.2 Å². The van der Waals surface area contributed by atoms with Gasteiger partial charge < -0.3 is 14.8 Å². The molecule has 6 heteroatoms. The van der Waals surface area contributed by atoms with E-state index in [0.29, 0.717) is 12.6 Å². The molecule has 0 atom stereocenters. The van der Waals surface area contributed by atoms with Crippen molar-refractivity contribution in [3.8, 4) is 21.7 Å². The zero-order valence-electron chi connectivity index (χ0n) is 19.3. The number of nitrogens with zero attached hydrogens (tertiary/aromatic N) is 2. The summed E-state index contributed by atoms with van der Waals surface area (Å²) in [7, 11) is 0. The van der Waals surface area contributed by atoms with Gasteiger partial charge in [-0.05, 0) is 35.6 Å². The van der Waals surface area contributed by atoms with E-state index in [1.807, 2.05) is 30.3 Å². The van der Waals surface area contributed by atoms with Gasteiger partial charge in [0.1, 0.15) is 0 Å². The summed E-state index contributed by atoms with van der Waals surface area (Å²) in [6.07, 6.45) is 4.67. The smallest absolute Gasteiger partial charge is 0.545 e. The molecule has 1 fully saturated rings.